The molecule has 1 aliphatic carbocycles. The number of methoxy groups -OCH3 is 1. The molecule has 96 valence electrons. The van der Waals surface area contributed by atoms with Crippen LogP contribution in [0.4, 0.5) is 0 Å². The van der Waals surface area contributed by atoms with E-state index in [1.165, 1.54) is 25.7 Å². The fourth-order valence-electron chi connectivity index (χ4n) is 2.68. The molecule has 1 N–H and O–H groups in total. The summed E-state index contributed by atoms with van der Waals surface area (Å²) in [5.74, 6) is 0. The van der Waals surface area contributed by atoms with Crippen molar-refractivity contribution in [1.82, 2.24) is 10.2 Å². The second kappa shape index (κ2) is 8.04. The van der Waals surface area contributed by atoms with Gasteiger partial charge in [0, 0.05) is 32.3 Å². The first-order valence-corrected chi connectivity index (χ1v) is 6.70. The molecule has 0 bridgehead atoms. The third-order valence-corrected chi connectivity index (χ3v) is 3.62. The number of nitrogens with one attached hydrogen (secondary N) is 1. The normalized spacial score (nSPS) is 26.2. The summed E-state index contributed by atoms with van der Waals surface area (Å²) in [5.41, 5.74) is 0. The third kappa shape index (κ3) is 4.81. The van der Waals surface area contributed by atoms with Crippen molar-refractivity contribution in [2.24, 2.45) is 0 Å². The Balaban J connectivity index is 2.23. The quantitative estimate of drug-likeness (QED) is 0.673. The predicted octanol–water partition coefficient (Wildman–Crippen LogP) is 1.88. The standard InChI is InChI=1S/C13H28N2O/c1-4-14-12-7-5-8-13(11-12)15(2)9-6-10-16-3/h12-14H,4-11H2,1-3H3. The summed E-state index contributed by atoms with van der Waals surface area (Å²) in [6, 6.07) is 1.52. The van der Waals surface area contributed by atoms with Crippen molar-refractivity contribution >= 4 is 0 Å². The molecule has 0 amide bonds. The summed E-state index contributed by atoms with van der Waals surface area (Å²) < 4.78 is 5.10. The average molecular weight is 228 g/mol. The lowest BCUT2D eigenvalue weighted by atomic mass is 9.90. The third-order valence-electron chi connectivity index (χ3n) is 3.62. The Morgan fingerprint density at radius 1 is 1.38 bits per heavy atom. The minimum Gasteiger partial charge on any atom is -0.385 e. The molecule has 1 aliphatic rings. The van der Waals surface area contributed by atoms with E-state index in [1.807, 2.05) is 0 Å². The minimum atomic E-state index is 0.744. The average Bonchev–Trinajstić information content (AvgIpc) is 2.30. The first-order chi connectivity index (χ1) is 7.77. The van der Waals surface area contributed by atoms with Gasteiger partial charge in [0.25, 0.3) is 0 Å². The minimum absolute atomic E-state index is 0.744. The molecule has 2 unspecified atom stereocenters. The van der Waals surface area contributed by atoms with Crippen molar-refractivity contribution in [3.05, 3.63) is 0 Å². The van der Waals surface area contributed by atoms with E-state index in [2.05, 4.69) is 24.2 Å². The van der Waals surface area contributed by atoms with Gasteiger partial charge in [-0.1, -0.05) is 13.3 Å². The highest BCUT2D eigenvalue weighted by atomic mass is 16.5. The Morgan fingerprint density at radius 3 is 2.88 bits per heavy atom. The van der Waals surface area contributed by atoms with Gasteiger partial charge in [-0.05, 0) is 39.3 Å². The van der Waals surface area contributed by atoms with E-state index < -0.39 is 0 Å². The SMILES string of the molecule is CCNC1CCCC(N(C)CCCOC)C1. The van der Waals surface area contributed by atoms with Crippen LogP contribution >= 0.6 is 0 Å². The van der Waals surface area contributed by atoms with Crippen molar-refractivity contribution in [3.8, 4) is 0 Å². The van der Waals surface area contributed by atoms with Gasteiger partial charge in [0.1, 0.15) is 0 Å². The lowest BCUT2D eigenvalue weighted by molar-refractivity contribution is 0.140. The molecule has 0 aromatic rings. The first-order valence-electron chi connectivity index (χ1n) is 6.70. The fourth-order valence-corrected chi connectivity index (χ4v) is 2.68. The van der Waals surface area contributed by atoms with Gasteiger partial charge in [0.15, 0.2) is 0 Å². The highest BCUT2D eigenvalue weighted by Crippen LogP contribution is 2.22. The molecule has 0 spiro atoms. The number of nitrogens with zero attached hydrogens (tertiary/aromatic N) is 1. The molecular weight excluding hydrogens is 200 g/mol. The van der Waals surface area contributed by atoms with Gasteiger partial charge >= 0.3 is 0 Å². The van der Waals surface area contributed by atoms with E-state index >= 15 is 0 Å². The topological polar surface area (TPSA) is 24.5 Å². The maximum absolute atomic E-state index is 5.10. The summed E-state index contributed by atoms with van der Waals surface area (Å²) in [7, 11) is 4.04. The summed E-state index contributed by atoms with van der Waals surface area (Å²) in [6.07, 6.45) is 6.56. The maximum Gasteiger partial charge on any atom is 0.0474 e. The van der Waals surface area contributed by atoms with Crippen LogP contribution in [0.15, 0.2) is 0 Å². The number of rotatable bonds is 7. The van der Waals surface area contributed by atoms with Gasteiger partial charge in [-0.15, -0.1) is 0 Å². The van der Waals surface area contributed by atoms with Crippen LogP contribution in [0.3, 0.4) is 0 Å². The zero-order valence-electron chi connectivity index (χ0n) is 11.2. The second-order valence-electron chi connectivity index (χ2n) is 4.90. The maximum atomic E-state index is 5.10. The first kappa shape index (κ1) is 13.9. The van der Waals surface area contributed by atoms with E-state index in [-0.39, 0.29) is 0 Å². The number of ether oxygens (including phenoxy) is 1. The van der Waals surface area contributed by atoms with Gasteiger partial charge < -0.3 is 15.0 Å². The highest BCUT2D eigenvalue weighted by molar-refractivity contribution is 4.82. The Morgan fingerprint density at radius 2 is 2.19 bits per heavy atom. The lowest BCUT2D eigenvalue weighted by Crippen LogP contribution is -2.43. The Kier molecular flexibility index (Phi) is 7.01. The molecule has 3 heteroatoms. The van der Waals surface area contributed by atoms with E-state index in [0.29, 0.717) is 0 Å². The monoisotopic (exact) mass is 228 g/mol. The van der Waals surface area contributed by atoms with Crippen LogP contribution in [0.2, 0.25) is 0 Å². The number of hydrogen-bond donors (Lipinski definition) is 1. The highest BCUT2D eigenvalue weighted by Gasteiger charge is 2.23. The molecular formula is C13H28N2O. The van der Waals surface area contributed by atoms with Crippen molar-refractivity contribution in [1.29, 1.82) is 0 Å². The summed E-state index contributed by atoms with van der Waals surface area (Å²) >= 11 is 0. The largest absolute Gasteiger partial charge is 0.385 e. The lowest BCUT2D eigenvalue weighted by Gasteiger charge is -2.35. The van der Waals surface area contributed by atoms with Crippen LogP contribution in [0, 0.1) is 0 Å². The van der Waals surface area contributed by atoms with Crippen LogP contribution in [-0.2, 0) is 4.74 Å². The van der Waals surface area contributed by atoms with Gasteiger partial charge in [-0.2, -0.15) is 0 Å². The molecule has 1 saturated carbocycles. The summed E-state index contributed by atoms with van der Waals surface area (Å²) in [6.45, 7) is 5.35. The molecule has 2 atom stereocenters. The van der Waals surface area contributed by atoms with Gasteiger partial charge in [0.2, 0.25) is 0 Å². The molecule has 0 aromatic carbocycles. The zero-order valence-corrected chi connectivity index (χ0v) is 11.2. The van der Waals surface area contributed by atoms with Gasteiger partial charge in [-0.3, -0.25) is 0 Å². The molecule has 0 aliphatic heterocycles. The van der Waals surface area contributed by atoms with Crippen LogP contribution in [0.1, 0.15) is 39.0 Å². The smallest absolute Gasteiger partial charge is 0.0474 e. The van der Waals surface area contributed by atoms with E-state index in [4.69, 9.17) is 4.74 Å². The fraction of sp³-hybridized carbons (Fsp3) is 1.00. The Bertz CT molecular complexity index is 173. The second-order valence-corrected chi connectivity index (χ2v) is 4.90. The van der Waals surface area contributed by atoms with Crippen LogP contribution < -0.4 is 5.32 Å². The predicted molar refractivity (Wildman–Crippen MR) is 68.8 cm³/mol. The molecule has 16 heavy (non-hydrogen) atoms. The summed E-state index contributed by atoms with van der Waals surface area (Å²) in [5, 5.41) is 3.59. The van der Waals surface area contributed by atoms with Crippen LogP contribution in [0.25, 0.3) is 0 Å². The van der Waals surface area contributed by atoms with E-state index in [0.717, 1.165) is 38.2 Å². The molecule has 0 aromatic heterocycles. The molecule has 0 radical (unpaired) electrons. The van der Waals surface area contributed by atoms with Crippen molar-refractivity contribution in [3.63, 3.8) is 0 Å². The molecule has 0 heterocycles. The van der Waals surface area contributed by atoms with Crippen LogP contribution in [0.5, 0.6) is 0 Å². The Labute approximate surface area is 101 Å². The molecule has 1 fully saturated rings. The van der Waals surface area contributed by atoms with Crippen molar-refractivity contribution in [2.75, 3.05) is 33.9 Å². The van der Waals surface area contributed by atoms with E-state index in [1.54, 1.807) is 7.11 Å². The summed E-state index contributed by atoms with van der Waals surface area (Å²) in [4.78, 5) is 2.52. The van der Waals surface area contributed by atoms with Crippen LogP contribution in [-0.4, -0.2) is 50.8 Å². The molecule has 1 rings (SSSR count). The van der Waals surface area contributed by atoms with Crippen molar-refractivity contribution in [2.45, 2.75) is 51.1 Å². The van der Waals surface area contributed by atoms with E-state index in [9.17, 15) is 0 Å². The van der Waals surface area contributed by atoms with Gasteiger partial charge in [0.05, 0.1) is 0 Å². The zero-order chi connectivity index (χ0) is 11.8. The Hall–Kier alpha value is -0.120. The number of hydrogen-bond acceptors (Lipinski definition) is 3. The van der Waals surface area contributed by atoms with Gasteiger partial charge in [-0.25, -0.2) is 0 Å². The van der Waals surface area contributed by atoms with Crippen molar-refractivity contribution < 1.29 is 4.74 Å². The molecule has 0 saturated heterocycles. The molecule has 3 nitrogen and oxygen atoms in total.